The zero-order chi connectivity index (χ0) is 13.8. The third kappa shape index (κ3) is 4.44. The lowest BCUT2D eigenvalue weighted by Gasteiger charge is -2.22. The molecular weight excluding hydrogens is 275 g/mol. The van der Waals surface area contributed by atoms with Gasteiger partial charge in [-0.1, -0.05) is 36.5 Å². The summed E-state index contributed by atoms with van der Waals surface area (Å²) in [7, 11) is 0. The number of hydrogen-bond donors (Lipinski definition) is 2. The summed E-state index contributed by atoms with van der Waals surface area (Å²) in [6, 6.07) is 1.45. The minimum absolute atomic E-state index is 0.159. The number of carbonyl (C=O) groups is 1. The quantitative estimate of drug-likeness (QED) is 0.820. The molecule has 100 valence electrons. The Morgan fingerprint density at radius 3 is 2.78 bits per heavy atom. The van der Waals surface area contributed by atoms with Crippen LogP contribution in [0.2, 0.25) is 10.2 Å². The normalized spacial score (nSPS) is 14.1. The van der Waals surface area contributed by atoms with Crippen LogP contribution in [0.1, 0.15) is 37.0 Å². The maximum absolute atomic E-state index is 11.8. The Kier molecular flexibility index (Phi) is 5.38. The highest BCUT2D eigenvalue weighted by Crippen LogP contribution is 2.19. The lowest BCUT2D eigenvalue weighted by atomic mass is 10.0. The summed E-state index contributed by atoms with van der Waals surface area (Å²) in [4.78, 5) is 15.6. The van der Waals surface area contributed by atoms with E-state index >= 15 is 0 Å². The van der Waals surface area contributed by atoms with Gasteiger partial charge in [0.15, 0.2) is 0 Å². The lowest BCUT2D eigenvalue weighted by molar-refractivity contribution is 0.0469. The van der Waals surface area contributed by atoms with E-state index in [0.717, 1.165) is 6.42 Å². The number of nitrogens with zero attached hydrogens (tertiary/aromatic N) is 1. The van der Waals surface area contributed by atoms with Crippen molar-refractivity contribution in [2.24, 2.45) is 0 Å². The number of hydrogen-bond acceptors (Lipinski definition) is 3. The topological polar surface area (TPSA) is 62.2 Å². The second-order valence-corrected chi connectivity index (χ2v) is 5.19. The minimum atomic E-state index is -0.909. The largest absolute Gasteiger partial charge is 0.388 e. The summed E-state index contributed by atoms with van der Waals surface area (Å²) in [5.74, 6) is -0.336. The van der Waals surface area contributed by atoms with E-state index in [1.165, 1.54) is 12.3 Å². The van der Waals surface area contributed by atoms with Crippen molar-refractivity contribution in [3.63, 3.8) is 0 Å². The first-order valence-corrected chi connectivity index (χ1v) is 6.43. The first-order chi connectivity index (χ1) is 8.35. The molecule has 0 bridgehead atoms. The van der Waals surface area contributed by atoms with Gasteiger partial charge in [0.1, 0.15) is 5.15 Å². The Hall–Kier alpha value is -0.840. The van der Waals surface area contributed by atoms with Crippen LogP contribution < -0.4 is 5.32 Å². The van der Waals surface area contributed by atoms with Gasteiger partial charge >= 0.3 is 0 Å². The molecule has 1 atom stereocenters. The summed E-state index contributed by atoms with van der Waals surface area (Å²) < 4.78 is 0. The number of aromatic nitrogens is 1. The second kappa shape index (κ2) is 6.36. The monoisotopic (exact) mass is 290 g/mol. The molecule has 6 heteroatoms. The fraction of sp³-hybridized carbons (Fsp3) is 0.500. The third-order valence-electron chi connectivity index (χ3n) is 2.48. The fourth-order valence-electron chi connectivity index (χ4n) is 1.55. The summed E-state index contributed by atoms with van der Waals surface area (Å²) in [5, 5.41) is 13.0. The molecule has 0 aliphatic carbocycles. The summed E-state index contributed by atoms with van der Waals surface area (Å²) in [5.41, 5.74) is -0.592. The van der Waals surface area contributed by atoms with Crippen LogP contribution >= 0.6 is 23.2 Å². The van der Waals surface area contributed by atoms with Crippen LogP contribution in [0.25, 0.3) is 0 Å². The van der Waals surface area contributed by atoms with Crippen LogP contribution in [-0.4, -0.2) is 28.1 Å². The smallest absolute Gasteiger partial charge is 0.253 e. The van der Waals surface area contributed by atoms with Crippen LogP contribution in [0, 0.1) is 0 Å². The molecular formula is C12H16Cl2N2O2. The van der Waals surface area contributed by atoms with Crippen molar-refractivity contribution in [2.75, 3.05) is 6.54 Å². The molecule has 0 radical (unpaired) electrons. The highest BCUT2D eigenvalue weighted by molar-refractivity contribution is 6.41. The molecule has 1 heterocycles. The lowest BCUT2D eigenvalue weighted by Crippen LogP contribution is -2.40. The van der Waals surface area contributed by atoms with Crippen molar-refractivity contribution in [1.82, 2.24) is 10.3 Å². The molecule has 0 aliphatic rings. The molecule has 18 heavy (non-hydrogen) atoms. The molecule has 1 amide bonds. The molecule has 1 unspecified atom stereocenters. The van der Waals surface area contributed by atoms with Gasteiger partial charge in [-0.25, -0.2) is 4.98 Å². The molecule has 4 nitrogen and oxygen atoms in total. The predicted molar refractivity (Wildman–Crippen MR) is 72.1 cm³/mol. The molecule has 2 N–H and O–H groups in total. The van der Waals surface area contributed by atoms with Gasteiger partial charge in [-0.15, -0.1) is 0 Å². The zero-order valence-electron chi connectivity index (χ0n) is 10.3. The molecule has 0 aliphatic heterocycles. The van der Waals surface area contributed by atoms with Crippen molar-refractivity contribution >= 4 is 29.1 Å². The van der Waals surface area contributed by atoms with E-state index in [1.807, 2.05) is 6.92 Å². The number of halogens is 2. The van der Waals surface area contributed by atoms with Gasteiger partial charge in [0.2, 0.25) is 0 Å². The van der Waals surface area contributed by atoms with Crippen LogP contribution in [0.15, 0.2) is 12.3 Å². The zero-order valence-corrected chi connectivity index (χ0v) is 11.8. The van der Waals surface area contributed by atoms with Crippen LogP contribution in [0.4, 0.5) is 0 Å². The average Bonchev–Trinajstić information content (AvgIpc) is 2.30. The van der Waals surface area contributed by atoms with E-state index in [0.29, 0.717) is 12.0 Å². The Bertz CT molecular complexity index is 436. The molecule has 0 saturated heterocycles. The maximum Gasteiger partial charge on any atom is 0.253 e. The van der Waals surface area contributed by atoms with Gasteiger partial charge in [-0.3, -0.25) is 4.79 Å². The number of aliphatic hydroxyl groups is 1. The van der Waals surface area contributed by atoms with E-state index in [-0.39, 0.29) is 22.6 Å². The van der Waals surface area contributed by atoms with Crippen LogP contribution in [0.5, 0.6) is 0 Å². The average molecular weight is 291 g/mol. The van der Waals surface area contributed by atoms with E-state index in [1.54, 1.807) is 6.92 Å². The molecule has 1 rings (SSSR count). The minimum Gasteiger partial charge on any atom is -0.388 e. The van der Waals surface area contributed by atoms with Gasteiger partial charge in [0.25, 0.3) is 5.91 Å². The number of rotatable bonds is 5. The highest BCUT2D eigenvalue weighted by atomic mass is 35.5. The van der Waals surface area contributed by atoms with Crippen molar-refractivity contribution in [3.05, 3.63) is 28.0 Å². The van der Waals surface area contributed by atoms with Crippen molar-refractivity contribution in [1.29, 1.82) is 0 Å². The van der Waals surface area contributed by atoms with Crippen LogP contribution in [0.3, 0.4) is 0 Å². The number of amides is 1. The summed E-state index contributed by atoms with van der Waals surface area (Å²) >= 11 is 11.4. The van der Waals surface area contributed by atoms with E-state index in [4.69, 9.17) is 23.2 Å². The number of pyridine rings is 1. The first-order valence-electron chi connectivity index (χ1n) is 5.67. The van der Waals surface area contributed by atoms with Gasteiger partial charge in [0.05, 0.1) is 16.2 Å². The Labute approximate surface area is 116 Å². The number of carbonyl (C=O) groups excluding carboxylic acids is 1. The summed E-state index contributed by atoms with van der Waals surface area (Å²) in [6.07, 6.45) is 2.81. The van der Waals surface area contributed by atoms with E-state index < -0.39 is 5.60 Å². The molecule has 0 spiro atoms. The Morgan fingerprint density at radius 2 is 2.22 bits per heavy atom. The predicted octanol–water partition coefficient (Wildman–Crippen LogP) is 2.67. The highest BCUT2D eigenvalue weighted by Gasteiger charge is 2.20. The standard InChI is InChI=1S/C12H16Cl2N2O2/c1-3-4-12(2,18)7-16-11(17)8-5-9(13)10(14)15-6-8/h5-6,18H,3-4,7H2,1-2H3,(H,16,17). The Morgan fingerprint density at radius 1 is 1.56 bits per heavy atom. The molecule has 1 aromatic rings. The molecule has 1 aromatic heterocycles. The second-order valence-electron chi connectivity index (χ2n) is 4.43. The van der Waals surface area contributed by atoms with Gasteiger partial charge < -0.3 is 10.4 Å². The van der Waals surface area contributed by atoms with Crippen molar-refractivity contribution < 1.29 is 9.90 Å². The van der Waals surface area contributed by atoms with Gasteiger partial charge in [-0.2, -0.15) is 0 Å². The van der Waals surface area contributed by atoms with E-state index in [2.05, 4.69) is 10.3 Å². The molecule has 0 fully saturated rings. The molecule has 0 aromatic carbocycles. The maximum atomic E-state index is 11.8. The number of nitrogens with one attached hydrogen (secondary N) is 1. The molecule has 0 saturated carbocycles. The van der Waals surface area contributed by atoms with Crippen molar-refractivity contribution in [3.8, 4) is 0 Å². The van der Waals surface area contributed by atoms with Crippen LogP contribution in [-0.2, 0) is 0 Å². The fourth-order valence-corrected chi connectivity index (χ4v) is 1.81. The third-order valence-corrected chi connectivity index (χ3v) is 3.16. The van der Waals surface area contributed by atoms with Gasteiger partial charge in [0, 0.05) is 12.7 Å². The van der Waals surface area contributed by atoms with E-state index in [9.17, 15) is 9.90 Å². The summed E-state index contributed by atoms with van der Waals surface area (Å²) in [6.45, 7) is 3.84. The Balaban J connectivity index is 2.63. The van der Waals surface area contributed by atoms with Gasteiger partial charge in [-0.05, 0) is 19.4 Å². The van der Waals surface area contributed by atoms with Crippen molar-refractivity contribution in [2.45, 2.75) is 32.3 Å². The SMILES string of the molecule is CCCC(C)(O)CNC(=O)c1cnc(Cl)c(Cl)c1. The first kappa shape index (κ1) is 15.2.